The van der Waals surface area contributed by atoms with E-state index in [1.54, 1.807) is 30.3 Å². The number of carbonyl (C=O) groups is 3. The van der Waals surface area contributed by atoms with Crippen LogP contribution < -0.4 is 16.0 Å². The Morgan fingerprint density at radius 3 is 2.69 bits per heavy atom. The molecule has 3 aromatic carbocycles. The second kappa shape index (κ2) is 11.7. The van der Waals surface area contributed by atoms with Gasteiger partial charge in [-0.05, 0) is 45.1 Å². The third-order valence-corrected chi connectivity index (χ3v) is 8.70. The number of hydrogen-bond donors (Lipinski definition) is 4. The highest BCUT2D eigenvalue weighted by Gasteiger charge is 2.56. The van der Waals surface area contributed by atoms with Gasteiger partial charge in [-0.25, -0.2) is 9.78 Å². The van der Waals surface area contributed by atoms with Gasteiger partial charge in [0, 0.05) is 22.0 Å². The summed E-state index contributed by atoms with van der Waals surface area (Å²) in [5.41, 5.74) is 0.334. The summed E-state index contributed by atoms with van der Waals surface area (Å²) in [4.78, 5) is 45.3. The van der Waals surface area contributed by atoms with Crippen molar-refractivity contribution in [2.75, 3.05) is 5.32 Å². The topological polar surface area (TPSA) is 167 Å². The summed E-state index contributed by atoms with van der Waals surface area (Å²) < 4.78 is 12.3. The van der Waals surface area contributed by atoms with Crippen LogP contribution in [0.15, 0.2) is 75.6 Å². The zero-order valence-electron chi connectivity index (χ0n) is 24.3. The first kappa shape index (κ1) is 29.9. The molecule has 11 nitrogen and oxygen atoms in total. The number of alkyl carbamates (subject to hydrolysis) is 1. The van der Waals surface area contributed by atoms with Crippen molar-refractivity contribution in [3.05, 3.63) is 111 Å². The zero-order valence-corrected chi connectivity index (χ0v) is 25.8. The van der Waals surface area contributed by atoms with Crippen molar-refractivity contribution in [2.24, 2.45) is 5.92 Å². The van der Waals surface area contributed by atoms with Crippen molar-refractivity contribution < 1.29 is 28.6 Å². The molecule has 6 rings (SSSR count). The number of nitrogens with one attached hydrogen (secondary N) is 3. The lowest BCUT2D eigenvalue weighted by atomic mass is 9.71. The molecule has 0 fully saturated rings. The minimum absolute atomic E-state index is 0.00161. The van der Waals surface area contributed by atoms with Crippen LogP contribution in [0.2, 0.25) is 0 Å². The second-order valence-electron chi connectivity index (χ2n) is 11.3. The van der Waals surface area contributed by atoms with Gasteiger partial charge in [0.1, 0.15) is 30.5 Å². The monoisotopic (exact) mass is 669 g/mol. The number of amides is 3. The highest BCUT2D eigenvalue weighted by Crippen LogP contribution is 2.53. The zero-order chi connectivity index (χ0) is 31.9. The number of ether oxygens (including phenoxy) is 1. The van der Waals surface area contributed by atoms with Gasteiger partial charge in [0.25, 0.3) is 0 Å². The lowest BCUT2D eigenvalue weighted by Gasteiger charge is -2.29. The molecule has 0 radical (unpaired) electrons. The predicted octanol–water partition coefficient (Wildman–Crippen LogP) is 4.97. The third-order valence-electron chi connectivity index (χ3n) is 8.04. The molecule has 4 aromatic rings. The number of phenolic OH excluding ortho intramolecular Hbond substituents is 1. The molecule has 1 aromatic heterocycles. The smallest absolute Gasteiger partial charge is 0.408 e. The van der Waals surface area contributed by atoms with Gasteiger partial charge in [0.2, 0.25) is 17.7 Å². The molecule has 45 heavy (non-hydrogen) atoms. The van der Waals surface area contributed by atoms with E-state index in [9.17, 15) is 24.8 Å². The molecule has 4 bridgehead atoms. The number of fused-ring (bicyclic) bond motifs is 8. The predicted molar refractivity (Wildman–Crippen MR) is 165 cm³/mol. The molecule has 3 atom stereocenters. The average Bonchev–Trinajstić information content (AvgIpc) is 3.58. The molecule has 228 valence electrons. The highest BCUT2D eigenvalue weighted by atomic mass is 79.9. The fraction of sp³-hybridized carbons (Fsp3) is 0.242. The number of oxazole rings is 1. The number of phenols is 1. The Morgan fingerprint density at radius 1 is 1.18 bits per heavy atom. The molecule has 12 heteroatoms. The molecule has 0 saturated heterocycles. The van der Waals surface area contributed by atoms with Gasteiger partial charge in [0.05, 0.1) is 5.69 Å². The van der Waals surface area contributed by atoms with Crippen molar-refractivity contribution >= 4 is 39.5 Å². The van der Waals surface area contributed by atoms with Gasteiger partial charge in [-0.1, -0.05) is 68.4 Å². The number of hydrogen-bond acceptors (Lipinski definition) is 8. The van der Waals surface area contributed by atoms with Gasteiger partial charge in [-0.15, -0.1) is 0 Å². The van der Waals surface area contributed by atoms with Crippen molar-refractivity contribution in [3.63, 3.8) is 0 Å². The first-order valence-corrected chi connectivity index (χ1v) is 15.0. The van der Waals surface area contributed by atoms with Gasteiger partial charge in [0.15, 0.2) is 16.9 Å². The average molecular weight is 671 g/mol. The Morgan fingerprint density at radius 2 is 1.96 bits per heavy atom. The molecule has 1 spiro atoms. The summed E-state index contributed by atoms with van der Waals surface area (Å²) >= 11 is 3.50. The summed E-state index contributed by atoms with van der Waals surface area (Å²) in [5, 5.41) is 30.0. The SMILES string of the molecule is CC(C)[C@@H]1NC(=O)[C@@H](NC(=O)OCc2ccccc2)Cc2ccc(O)c(c2)[C@]2(C(=O)Nc3c(Br)cccc32)c2oc1nc2C#N. The number of para-hydroxylation sites is 1. The molecular formula is C33H28BrN5O6. The quantitative estimate of drug-likeness (QED) is 0.236. The largest absolute Gasteiger partial charge is 0.508 e. The van der Waals surface area contributed by atoms with Crippen LogP contribution in [0.5, 0.6) is 5.75 Å². The summed E-state index contributed by atoms with van der Waals surface area (Å²) in [6, 6.07) is 19.0. The Bertz CT molecular complexity index is 1870. The van der Waals surface area contributed by atoms with Crippen LogP contribution in [-0.4, -0.2) is 34.0 Å². The Balaban J connectivity index is 1.51. The summed E-state index contributed by atoms with van der Waals surface area (Å²) in [7, 11) is 0. The number of nitriles is 1. The molecule has 2 aliphatic rings. The Kier molecular flexibility index (Phi) is 7.80. The lowest BCUT2D eigenvalue weighted by Crippen LogP contribution is -2.49. The standard InChI is InChI=1S/C33H28BrN5O6/c1-17(2)26-30-36-24(15-35)28(45-30)33(20-9-6-10-22(34)27(20)39-31(33)42)21-13-19(11-12-25(21)40)14-23(29(41)38-26)37-32(43)44-16-18-7-4-3-5-8-18/h3-13,17,23,26,40H,14,16H2,1-2H3,(H,37,43)(H,38,41)(H,39,42)/t23-,26-,33-/m0/s1. The molecule has 0 saturated carbocycles. The van der Waals surface area contributed by atoms with E-state index in [2.05, 4.69) is 36.9 Å². The number of nitrogens with zero attached hydrogens (tertiary/aromatic N) is 2. The minimum Gasteiger partial charge on any atom is -0.508 e. The molecular weight excluding hydrogens is 642 g/mol. The van der Waals surface area contributed by atoms with Crippen molar-refractivity contribution in [1.29, 1.82) is 5.26 Å². The summed E-state index contributed by atoms with van der Waals surface area (Å²) in [5.74, 6) is -1.69. The van der Waals surface area contributed by atoms with Gasteiger partial charge < -0.3 is 30.2 Å². The maximum absolute atomic E-state index is 14.2. The molecule has 4 N–H and O–H groups in total. The summed E-state index contributed by atoms with van der Waals surface area (Å²) in [6.45, 7) is 3.67. The van der Waals surface area contributed by atoms with Crippen LogP contribution in [0, 0.1) is 17.2 Å². The van der Waals surface area contributed by atoms with Crippen LogP contribution in [0.1, 0.15) is 59.5 Å². The molecule has 0 aliphatic carbocycles. The van der Waals surface area contributed by atoms with Gasteiger partial charge in [-0.2, -0.15) is 5.26 Å². The van der Waals surface area contributed by atoms with E-state index in [0.29, 0.717) is 21.3 Å². The number of aromatic hydroxyl groups is 1. The van der Waals surface area contributed by atoms with Crippen molar-refractivity contribution in [1.82, 2.24) is 15.6 Å². The van der Waals surface area contributed by atoms with Crippen LogP contribution in [0.25, 0.3) is 0 Å². The van der Waals surface area contributed by atoms with E-state index in [-0.39, 0.29) is 47.6 Å². The van der Waals surface area contributed by atoms with E-state index < -0.39 is 35.4 Å². The van der Waals surface area contributed by atoms with E-state index in [1.165, 1.54) is 6.07 Å². The maximum atomic E-state index is 14.2. The molecule has 3 amide bonds. The summed E-state index contributed by atoms with van der Waals surface area (Å²) in [6.07, 6.45) is -0.813. The van der Waals surface area contributed by atoms with Crippen molar-refractivity contribution in [2.45, 2.75) is 44.4 Å². The first-order valence-electron chi connectivity index (χ1n) is 14.2. The molecule has 2 aliphatic heterocycles. The Labute approximate surface area is 266 Å². The molecule has 3 heterocycles. The van der Waals surface area contributed by atoms with Crippen LogP contribution in [0.4, 0.5) is 10.5 Å². The minimum atomic E-state index is -1.81. The lowest BCUT2D eigenvalue weighted by molar-refractivity contribution is -0.124. The van der Waals surface area contributed by atoms with E-state index in [0.717, 1.165) is 5.56 Å². The molecule has 0 unspecified atom stereocenters. The first-order chi connectivity index (χ1) is 21.6. The van der Waals surface area contributed by atoms with E-state index in [4.69, 9.17) is 9.15 Å². The second-order valence-corrected chi connectivity index (χ2v) is 12.1. The van der Waals surface area contributed by atoms with E-state index in [1.807, 2.05) is 50.2 Å². The number of aromatic nitrogens is 1. The highest BCUT2D eigenvalue weighted by molar-refractivity contribution is 9.10. The van der Waals surface area contributed by atoms with E-state index >= 15 is 0 Å². The van der Waals surface area contributed by atoms with Crippen LogP contribution in [-0.2, 0) is 32.8 Å². The fourth-order valence-electron chi connectivity index (χ4n) is 5.84. The Hall–Kier alpha value is -5.15. The van der Waals surface area contributed by atoms with Gasteiger partial charge >= 0.3 is 6.09 Å². The van der Waals surface area contributed by atoms with Gasteiger partial charge in [-0.3, -0.25) is 9.59 Å². The number of anilines is 1. The number of halogens is 1. The fourth-order valence-corrected chi connectivity index (χ4v) is 6.30. The van der Waals surface area contributed by atoms with Crippen LogP contribution in [0.3, 0.4) is 0 Å². The third kappa shape index (κ3) is 5.19. The van der Waals surface area contributed by atoms with Crippen LogP contribution >= 0.6 is 15.9 Å². The number of carbonyl (C=O) groups excluding carboxylic acids is 3. The number of rotatable bonds is 4. The normalized spacial score (nSPS) is 20.3. The maximum Gasteiger partial charge on any atom is 0.408 e. The number of benzene rings is 3. The van der Waals surface area contributed by atoms with Crippen molar-refractivity contribution in [3.8, 4) is 11.8 Å².